The summed E-state index contributed by atoms with van der Waals surface area (Å²) in [7, 11) is 0. The number of benzene rings is 1. The van der Waals surface area contributed by atoms with Gasteiger partial charge in [0.25, 0.3) is 0 Å². The minimum Gasteiger partial charge on any atom is -0.335 e. The van der Waals surface area contributed by atoms with Gasteiger partial charge >= 0.3 is 0 Å². The normalized spacial score (nSPS) is 19.6. The molecule has 0 aromatic heterocycles. The lowest BCUT2D eigenvalue weighted by Gasteiger charge is -2.21. The quantitative estimate of drug-likeness (QED) is 0.606. The van der Waals surface area contributed by atoms with E-state index >= 15 is 0 Å². The van der Waals surface area contributed by atoms with Gasteiger partial charge in [-0.2, -0.15) is 0 Å². The van der Waals surface area contributed by atoms with Gasteiger partial charge < -0.3 is 4.90 Å². The average Bonchev–Trinajstić information content (AvgIpc) is 2.90. The second-order valence-corrected chi connectivity index (χ2v) is 6.67. The van der Waals surface area contributed by atoms with E-state index in [2.05, 4.69) is 30.0 Å². The van der Waals surface area contributed by atoms with Crippen molar-refractivity contribution in [3.05, 3.63) is 46.0 Å². The minimum absolute atomic E-state index is 0.761. The summed E-state index contributed by atoms with van der Waals surface area (Å²) in [5, 5.41) is 1.23. The van der Waals surface area contributed by atoms with Gasteiger partial charge in [-0.15, -0.1) is 0 Å². The fraction of sp³-hybridized carbons (Fsp3) is 0.389. The van der Waals surface area contributed by atoms with Gasteiger partial charge in [-0.3, -0.25) is 4.79 Å². The highest BCUT2D eigenvalue weighted by Gasteiger charge is 2.28. The summed E-state index contributed by atoms with van der Waals surface area (Å²) in [6.45, 7) is 4.98. The van der Waals surface area contributed by atoms with E-state index in [1.165, 1.54) is 46.9 Å². The molecular formula is C18H21NOS. The van der Waals surface area contributed by atoms with Gasteiger partial charge in [-0.25, -0.2) is 0 Å². The number of carbonyl (C=O) groups is 1. The predicted molar refractivity (Wildman–Crippen MR) is 89.9 cm³/mol. The molecule has 1 aromatic rings. The zero-order chi connectivity index (χ0) is 14.8. The third-order valence-electron chi connectivity index (χ3n) is 4.21. The molecule has 2 nitrogen and oxygen atoms in total. The molecule has 3 heteroatoms. The van der Waals surface area contributed by atoms with Crippen LogP contribution in [0, 0.1) is 0 Å². The SMILES string of the molecule is CCN1C(=CC=C(C)C=O)Sc2c1ccc1c2CCCC1. The molecule has 0 saturated heterocycles. The lowest BCUT2D eigenvalue weighted by Crippen LogP contribution is -2.16. The maximum atomic E-state index is 10.8. The summed E-state index contributed by atoms with van der Waals surface area (Å²) >= 11 is 1.86. The van der Waals surface area contributed by atoms with Gasteiger partial charge in [0.15, 0.2) is 0 Å². The number of hydrogen-bond donors (Lipinski definition) is 0. The molecule has 0 radical (unpaired) electrons. The van der Waals surface area contributed by atoms with E-state index in [-0.39, 0.29) is 0 Å². The number of hydrogen-bond acceptors (Lipinski definition) is 3. The van der Waals surface area contributed by atoms with E-state index in [1.807, 2.05) is 24.8 Å². The zero-order valence-electron chi connectivity index (χ0n) is 12.7. The van der Waals surface area contributed by atoms with Crippen molar-refractivity contribution in [3.63, 3.8) is 0 Å². The maximum Gasteiger partial charge on any atom is 0.145 e. The highest BCUT2D eigenvalue weighted by atomic mass is 32.2. The predicted octanol–water partition coefficient (Wildman–Crippen LogP) is 4.48. The number of thioether (sulfide) groups is 1. The van der Waals surface area contributed by atoms with Crippen molar-refractivity contribution in [2.75, 3.05) is 11.4 Å². The van der Waals surface area contributed by atoms with E-state index in [0.717, 1.165) is 18.4 Å². The van der Waals surface area contributed by atoms with Crippen LogP contribution >= 0.6 is 11.8 Å². The first-order chi connectivity index (χ1) is 10.2. The van der Waals surface area contributed by atoms with Crippen LogP contribution in [-0.2, 0) is 17.6 Å². The van der Waals surface area contributed by atoms with Crippen molar-refractivity contribution < 1.29 is 4.79 Å². The fourth-order valence-electron chi connectivity index (χ4n) is 3.08. The number of rotatable bonds is 3. The highest BCUT2D eigenvalue weighted by Crippen LogP contribution is 2.49. The average molecular weight is 299 g/mol. The summed E-state index contributed by atoms with van der Waals surface area (Å²) in [6.07, 6.45) is 9.95. The number of aldehydes is 1. The fourth-order valence-corrected chi connectivity index (χ4v) is 4.40. The molecule has 110 valence electrons. The second kappa shape index (κ2) is 6.10. The van der Waals surface area contributed by atoms with Crippen LogP contribution in [0.1, 0.15) is 37.8 Å². The van der Waals surface area contributed by atoms with Crippen molar-refractivity contribution in [3.8, 4) is 0 Å². The minimum atomic E-state index is 0.761. The number of nitrogens with zero attached hydrogens (tertiary/aromatic N) is 1. The van der Waals surface area contributed by atoms with E-state index < -0.39 is 0 Å². The zero-order valence-corrected chi connectivity index (χ0v) is 13.5. The third-order valence-corrected chi connectivity index (χ3v) is 5.44. The Morgan fingerprint density at radius 1 is 1.33 bits per heavy atom. The Kier molecular flexibility index (Phi) is 4.20. The molecule has 1 heterocycles. The van der Waals surface area contributed by atoms with Gasteiger partial charge in [-0.05, 0) is 68.4 Å². The smallest absolute Gasteiger partial charge is 0.145 e. The Balaban J connectivity index is 2.01. The number of carbonyl (C=O) groups excluding carboxylic acids is 1. The Labute approximate surface area is 130 Å². The second-order valence-electron chi connectivity index (χ2n) is 5.64. The Morgan fingerprint density at radius 2 is 2.14 bits per heavy atom. The van der Waals surface area contributed by atoms with Crippen molar-refractivity contribution in [1.29, 1.82) is 0 Å². The monoisotopic (exact) mass is 299 g/mol. The molecular weight excluding hydrogens is 278 g/mol. The largest absolute Gasteiger partial charge is 0.335 e. The molecule has 0 saturated carbocycles. The summed E-state index contributed by atoms with van der Waals surface area (Å²) in [5.41, 5.74) is 5.19. The molecule has 1 aliphatic carbocycles. The topological polar surface area (TPSA) is 20.3 Å². The van der Waals surface area contributed by atoms with Crippen LogP contribution in [0.3, 0.4) is 0 Å². The molecule has 3 rings (SSSR count). The molecule has 0 spiro atoms. The standard InChI is InChI=1S/C18H21NOS/c1-3-19-16-10-9-14-6-4-5-7-15(14)18(16)21-17(19)11-8-13(2)12-20/h8-12H,3-7H2,1-2H3. The van der Waals surface area contributed by atoms with E-state index in [1.54, 1.807) is 5.56 Å². The number of aryl methyl sites for hydroxylation is 1. The Bertz CT molecular complexity index is 630. The molecule has 0 amide bonds. The molecule has 0 unspecified atom stereocenters. The van der Waals surface area contributed by atoms with Crippen LogP contribution in [-0.4, -0.2) is 12.8 Å². The summed E-state index contributed by atoms with van der Waals surface area (Å²) < 4.78 is 0. The first kappa shape index (κ1) is 14.5. The molecule has 1 aliphatic heterocycles. The lowest BCUT2D eigenvalue weighted by molar-refractivity contribution is -0.104. The Morgan fingerprint density at radius 3 is 2.90 bits per heavy atom. The molecule has 0 bridgehead atoms. The van der Waals surface area contributed by atoms with Crippen LogP contribution in [0.2, 0.25) is 0 Å². The van der Waals surface area contributed by atoms with Crippen LogP contribution in [0.4, 0.5) is 5.69 Å². The van der Waals surface area contributed by atoms with E-state index in [4.69, 9.17) is 0 Å². The van der Waals surface area contributed by atoms with Gasteiger partial charge in [0.1, 0.15) is 6.29 Å². The van der Waals surface area contributed by atoms with Crippen molar-refractivity contribution >= 4 is 23.7 Å². The number of anilines is 1. The molecule has 0 N–H and O–H groups in total. The van der Waals surface area contributed by atoms with Gasteiger partial charge in [-0.1, -0.05) is 23.9 Å². The number of fused-ring (bicyclic) bond motifs is 3. The van der Waals surface area contributed by atoms with Gasteiger partial charge in [0.05, 0.1) is 10.7 Å². The summed E-state index contributed by atoms with van der Waals surface area (Å²) in [5.74, 6) is 0. The molecule has 2 aliphatic rings. The van der Waals surface area contributed by atoms with E-state index in [9.17, 15) is 4.79 Å². The van der Waals surface area contributed by atoms with Crippen LogP contribution in [0.15, 0.2) is 39.8 Å². The Hall–Kier alpha value is -1.48. The number of allylic oxidation sites excluding steroid dienone is 3. The van der Waals surface area contributed by atoms with Crippen molar-refractivity contribution in [1.82, 2.24) is 0 Å². The summed E-state index contributed by atoms with van der Waals surface area (Å²) in [4.78, 5) is 14.5. The first-order valence-electron chi connectivity index (χ1n) is 7.68. The first-order valence-corrected chi connectivity index (χ1v) is 8.50. The summed E-state index contributed by atoms with van der Waals surface area (Å²) in [6, 6.07) is 4.58. The van der Waals surface area contributed by atoms with Crippen molar-refractivity contribution in [2.45, 2.75) is 44.4 Å². The molecule has 0 atom stereocenters. The van der Waals surface area contributed by atoms with Crippen LogP contribution < -0.4 is 4.90 Å². The van der Waals surface area contributed by atoms with Gasteiger partial charge in [0, 0.05) is 11.4 Å². The van der Waals surface area contributed by atoms with Crippen molar-refractivity contribution in [2.24, 2.45) is 0 Å². The molecule has 0 fully saturated rings. The van der Waals surface area contributed by atoms with Gasteiger partial charge in [0.2, 0.25) is 0 Å². The van der Waals surface area contributed by atoms with Crippen LogP contribution in [0.25, 0.3) is 0 Å². The highest BCUT2D eigenvalue weighted by molar-refractivity contribution is 8.03. The maximum absolute atomic E-state index is 10.8. The molecule has 1 aromatic carbocycles. The van der Waals surface area contributed by atoms with E-state index in [0.29, 0.717) is 0 Å². The molecule has 21 heavy (non-hydrogen) atoms. The van der Waals surface area contributed by atoms with Crippen LogP contribution in [0.5, 0.6) is 0 Å². The third kappa shape index (κ3) is 2.67. The lowest BCUT2D eigenvalue weighted by atomic mass is 9.91.